The molecule has 1 aliphatic heterocycles. The number of benzene rings is 1. The molecular formula is C16H20BrN3O. The summed E-state index contributed by atoms with van der Waals surface area (Å²) in [6, 6.07) is 8.12. The van der Waals surface area contributed by atoms with E-state index in [0.29, 0.717) is 0 Å². The molecule has 2 heterocycles. The number of hydrogen-bond donors (Lipinski definition) is 1. The number of aromatic nitrogens is 2. The maximum atomic E-state index is 6.41. The quantitative estimate of drug-likeness (QED) is 0.923. The van der Waals surface area contributed by atoms with Crippen molar-refractivity contribution in [1.82, 2.24) is 9.78 Å². The fourth-order valence-electron chi connectivity index (χ4n) is 2.87. The number of nitrogens with two attached hydrogens (primary N) is 1. The molecule has 5 heteroatoms. The van der Waals surface area contributed by atoms with Gasteiger partial charge in [-0.2, -0.15) is 5.10 Å². The van der Waals surface area contributed by atoms with Crippen LogP contribution in [-0.4, -0.2) is 21.9 Å². The van der Waals surface area contributed by atoms with Crippen LogP contribution in [0, 0.1) is 6.92 Å². The Labute approximate surface area is 133 Å². The molecule has 3 rings (SSSR count). The van der Waals surface area contributed by atoms with Crippen LogP contribution in [0.5, 0.6) is 5.75 Å². The monoisotopic (exact) mass is 349 g/mol. The number of aryl methyl sites for hydroxylation is 2. The van der Waals surface area contributed by atoms with E-state index < -0.39 is 0 Å². The molecule has 2 aromatic rings. The Bertz CT molecular complexity index is 628. The van der Waals surface area contributed by atoms with E-state index >= 15 is 0 Å². The van der Waals surface area contributed by atoms with Gasteiger partial charge in [0.05, 0.1) is 15.9 Å². The number of rotatable bonds is 4. The third-order valence-electron chi connectivity index (χ3n) is 4.03. The van der Waals surface area contributed by atoms with Crippen LogP contribution in [0.1, 0.15) is 23.9 Å². The fraction of sp³-hybridized carbons (Fsp3) is 0.438. The number of nitrogens with zero attached hydrogens (tertiary/aromatic N) is 2. The molecule has 2 atom stereocenters. The Kier molecular flexibility index (Phi) is 4.04. The van der Waals surface area contributed by atoms with Crippen molar-refractivity contribution in [3.05, 3.63) is 45.7 Å². The minimum atomic E-state index is -0.0462. The molecule has 0 saturated carbocycles. The van der Waals surface area contributed by atoms with Crippen LogP contribution in [0.3, 0.4) is 0 Å². The van der Waals surface area contributed by atoms with E-state index in [9.17, 15) is 0 Å². The Balaban J connectivity index is 1.75. The van der Waals surface area contributed by atoms with Gasteiger partial charge in [0.1, 0.15) is 11.9 Å². The number of hydrogen-bond acceptors (Lipinski definition) is 3. The van der Waals surface area contributed by atoms with Gasteiger partial charge < -0.3 is 10.5 Å². The van der Waals surface area contributed by atoms with Gasteiger partial charge in [-0.15, -0.1) is 0 Å². The predicted molar refractivity (Wildman–Crippen MR) is 86.6 cm³/mol. The molecule has 0 fully saturated rings. The van der Waals surface area contributed by atoms with Gasteiger partial charge in [-0.1, -0.05) is 18.2 Å². The van der Waals surface area contributed by atoms with Crippen LogP contribution in [0.4, 0.5) is 0 Å². The standard InChI is InChI=1S/C16H20BrN3O/c1-3-20-13(16(17)10(2)19-20)9-12(18)15-8-11-6-4-5-7-14(11)21-15/h4-7,12,15H,3,8-9,18H2,1-2H3. The number of ether oxygens (including phenoxy) is 1. The molecule has 112 valence electrons. The lowest BCUT2D eigenvalue weighted by molar-refractivity contribution is 0.196. The van der Waals surface area contributed by atoms with Gasteiger partial charge in [-0.25, -0.2) is 0 Å². The summed E-state index contributed by atoms with van der Waals surface area (Å²) in [6.45, 7) is 4.95. The lowest BCUT2D eigenvalue weighted by Crippen LogP contribution is -2.40. The number of fused-ring (bicyclic) bond motifs is 1. The average Bonchev–Trinajstić information content (AvgIpc) is 3.03. The van der Waals surface area contributed by atoms with E-state index in [-0.39, 0.29) is 12.1 Å². The van der Waals surface area contributed by atoms with Crippen molar-refractivity contribution in [2.75, 3.05) is 0 Å². The Morgan fingerprint density at radius 2 is 2.24 bits per heavy atom. The first kappa shape index (κ1) is 14.6. The lowest BCUT2D eigenvalue weighted by atomic mass is 10.0. The summed E-state index contributed by atoms with van der Waals surface area (Å²) < 4.78 is 9.07. The highest BCUT2D eigenvalue weighted by Gasteiger charge is 2.29. The summed E-state index contributed by atoms with van der Waals surface area (Å²) in [5.74, 6) is 0.970. The van der Waals surface area contributed by atoms with Crippen LogP contribution >= 0.6 is 15.9 Å². The van der Waals surface area contributed by atoms with Gasteiger partial charge in [-0.3, -0.25) is 4.68 Å². The molecule has 0 bridgehead atoms. The molecule has 2 unspecified atom stereocenters. The molecule has 0 saturated heterocycles. The van der Waals surface area contributed by atoms with E-state index in [1.807, 2.05) is 29.8 Å². The SMILES string of the molecule is CCn1nc(C)c(Br)c1CC(N)C1Cc2ccccc2O1. The van der Waals surface area contributed by atoms with Gasteiger partial charge in [-0.05, 0) is 41.4 Å². The first-order valence-corrected chi connectivity index (χ1v) is 8.11. The molecule has 2 N–H and O–H groups in total. The topological polar surface area (TPSA) is 53.1 Å². The summed E-state index contributed by atoms with van der Waals surface area (Å²) in [5.41, 5.74) is 9.82. The van der Waals surface area contributed by atoms with Gasteiger partial charge in [0.25, 0.3) is 0 Å². The highest BCUT2D eigenvalue weighted by atomic mass is 79.9. The third-order valence-corrected chi connectivity index (χ3v) is 5.06. The Morgan fingerprint density at radius 3 is 2.95 bits per heavy atom. The molecule has 0 aliphatic carbocycles. The van der Waals surface area contributed by atoms with Gasteiger partial charge >= 0.3 is 0 Å². The molecule has 4 nitrogen and oxygen atoms in total. The van der Waals surface area contributed by atoms with Gasteiger partial charge in [0, 0.05) is 25.4 Å². The van der Waals surface area contributed by atoms with Crippen molar-refractivity contribution >= 4 is 15.9 Å². The Hall–Kier alpha value is -1.33. The second-order valence-corrected chi connectivity index (χ2v) is 6.29. The zero-order valence-corrected chi connectivity index (χ0v) is 13.9. The van der Waals surface area contributed by atoms with Crippen molar-refractivity contribution in [3.63, 3.8) is 0 Å². The molecule has 0 radical (unpaired) electrons. The number of para-hydroxylation sites is 1. The molecule has 0 spiro atoms. The maximum absolute atomic E-state index is 6.41. The number of halogens is 1. The van der Waals surface area contributed by atoms with Crippen molar-refractivity contribution < 1.29 is 4.74 Å². The fourth-order valence-corrected chi connectivity index (χ4v) is 3.31. The van der Waals surface area contributed by atoms with Crippen LogP contribution in [0.15, 0.2) is 28.7 Å². The molecule has 1 aromatic heterocycles. The third kappa shape index (κ3) is 2.72. The molecule has 1 aromatic carbocycles. The molecule has 0 amide bonds. The second kappa shape index (κ2) is 5.81. The van der Waals surface area contributed by atoms with E-state index in [1.165, 1.54) is 5.56 Å². The van der Waals surface area contributed by atoms with Crippen LogP contribution < -0.4 is 10.5 Å². The highest BCUT2D eigenvalue weighted by Crippen LogP contribution is 2.30. The van der Waals surface area contributed by atoms with Crippen molar-refractivity contribution in [2.24, 2.45) is 5.73 Å². The molecule has 1 aliphatic rings. The van der Waals surface area contributed by atoms with Crippen molar-refractivity contribution in [3.8, 4) is 5.75 Å². The smallest absolute Gasteiger partial charge is 0.123 e. The summed E-state index contributed by atoms with van der Waals surface area (Å²) in [5, 5.41) is 4.52. The normalized spacial score (nSPS) is 18.4. The molecular weight excluding hydrogens is 330 g/mol. The lowest BCUT2D eigenvalue weighted by Gasteiger charge is -2.19. The van der Waals surface area contributed by atoms with E-state index in [1.54, 1.807) is 0 Å². The Morgan fingerprint density at radius 1 is 1.48 bits per heavy atom. The predicted octanol–water partition coefficient (Wildman–Crippen LogP) is 2.85. The van der Waals surface area contributed by atoms with Crippen LogP contribution in [0.2, 0.25) is 0 Å². The minimum Gasteiger partial charge on any atom is -0.488 e. The maximum Gasteiger partial charge on any atom is 0.123 e. The average molecular weight is 350 g/mol. The minimum absolute atomic E-state index is 0.0369. The van der Waals surface area contributed by atoms with Crippen molar-refractivity contribution in [1.29, 1.82) is 0 Å². The summed E-state index contributed by atoms with van der Waals surface area (Å²) in [4.78, 5) is 0. The van der Waals surface area contributed by atoms with E-state index in [0.717, 1.165) is 41.0 Å². The highest BCUT2D eigenvalue weighted by molar-refractivity contribution is 9.10. The first-order valence-electron chi connectivity index (χ1n) is 7.32. The largest absolute Gasteiger partial charge is 0.488 e. The van der Waals surface area contributed by atoms with Crippen LogP contribution in [0.25, 0.3) is 0 Å². The zero-order chi connectivity index (χ0) is 15.0. The second-order valence-electron chi connectivity index (χ2n) is 5.50. The molecule has 21 heavy (non-hydrogen) atoms. The van der Waals surface area contributed by atoms with Crippen LogP contribution in [-0.2, 0) is 19.4 Å². The van der Waals surface area contributed by atoms with Gasteiger partial charge in [0.15, 0.2) is 0 Å². The van der Waals surface area contributed by atoms with E-state index in [2.05, 4.69) is 34.0 Å². The van der Waals surface area contributed by atoms with E-state index in [4.69, 9.17) is 10.5 Å². The van der Waals surface area contributed by atoms with Gasteiger partial charge in [0.2, 0.25) is 0 Å². The van der Waals surface area contributed by atoms with Crippen molar-refractivity contribution in [2.45, 2.75) is 45.4 Å². The summed E-state index contributed by atoms with van der Waals surface area (Å²) in [6.07, 6.45) is 1.68. The summed E-state index contributed by atoms with van der Waals surface area (Å²) in [7, 11) is 0. The first-order chi connectivity index (χ1) is 10.1. The summed E-state index contributed by atoms with van der Waals surface area (Å²) >= 11 is 3.63. The zero-order valence-electron chi connectivity index (χ0n) is 12.3.